The number of aromatic nitrogens is 2. The number of hydrogen-bond donors (Lipinski definition) is 3. The van der Waals surface area contributed by atoms with Crippen molar-refractivity contribution in [2.24, 2.45) is 0 Å². The van der Waals surface area contributed by atoms with Gasteiger partial charge in [0.25, 0.3) is 0 Å². The highest BCUT2D eigenvalue weighted by atomic mass is 32.2. The summed E-state index contributed by atoms with van der Waals surface area (Å²) in [6, 6.07) is 6.32. The molecule has 2 heterocycles. The second-order valence-corrected chi connectivity index (χ2v) is 9.58. The van der Waals surface area contributed by atoms with Crippen molar-refractivity contribution in [1.82, 2.24) is 15.3 Å². The van der Waals surface area contributed by atoms with Crippen molar-refractivity contribution in [3.63, 3.8) is 0 Å². The number of carbonyl (C=O) groups excluding carboxylic acids is 1. The fourth-order valence-corrected chi connectivity index (χ4v) is 4.81. The Morgan fingerprint density at radius 3 is 2.60 bits per heavy atom. The topological polar surface area (TPSA) is 121 Å². The van der Waals surface area contributed by atoms with E-state index in [2.05, 4.69) is 15.3 Å². The van der Waals surface area contributed by atoms with Crippen LogP contribution in [0.2, 0.25) is 0 Å². The lowest BCUT2D eigenvalue weighted by atomic mass is 10.1. The van der Waals surface area contributed by atoms with Gasteiger partial charge in [-0.15, -0.1) is 22.7 Å². The first-order chi connectivity index (χ1) is 14.3. The summed E-state index contributed by atoms with van der Waals surface area (Å²) in [4.78, 5) is 21.4. The largest absolute Gasteiger partial charge is 0.357 e. The Kier molecular flexibility index (Phi) is 7.53. The molecule has 0 aliphatic rings. The van der Waals surface area contributed by atoms with Crippen LogP contribution in [0.4, 0.5) is 5.69 Å². The maximum atomic E-state index is 12.5. The van der Waals surface area contributed by atoms with Crippen molar-refractivity contribution in [2.75, 3.05) is 4.72 Å². The Bertz CT molecular complexity index is 1060. The zero-order valence-electron chi connectivity index (χ0n) is 16.2. The van der Waals surface area contributed by atoms with Crippen LogP contribution in [0.25, 0.3) is 0 Å². The number of carbonyl (C=O) groups is 1. The number of anilines is 1. The van der Waals surface area contributed by atoms with Crippen LogP contribution in [-0.4, -0.2) is 28.8 Å². The molecule has 8 nitrogen and oxygen atoms in total. The Labute approximate surface area is 183 Å². The van der Waals surface area contributed by atoms with Gasteiger partial charge in [0.2, 0.25) is 5.91 Å². The highest BCUT2D eigenvalue weighted by Crippen LogP contribution is 2.24. The Hall–Kier alpha value is -2.34. The van der Waals surface area contributed by atoms with Crippen LogP contribution in [0.1, 0.15) is 40.7 Å². The first-order valence-corrected chi connectivity index (χ1v) is 12.5. The summed E-state index contributed by atoms with van der Waals surface area (Å²) >= 11 is 3.04. The van der Waals surface area contributed by atoms with Gasteiger partial charge in [-0.2, -0.15) is 8.42 Å². The van der Waals surface area contributed by atoms with Gasteiger partial charge in [0.1, 0.15) is 5.01 Å². The summed E-state index contributed by atoms with van der Waals surface area (Å²) in [6.45, 7) is 2.03. The van der Waals surface area contributed by atoms with Crippen LogP contribution < -0.4 is 10.0 Å². The van der Waals surface area contributed by atoms with Crippen molar-refractivity contribution in [3.05, 3.63) is 62.5 Å². The monoisotopic (exact) mass is 466 g/mol. The molecule has 1 aromatic carbocycles. The molecule has 1 amide bonds. The minimum atomic E-state index is -4.32. The van der Waals surface area contributed by atoms with E-state index < -0.39 is 10.3 Å². The molecule has 30 heavy (non-hydrogen) atoms. The summed E-state index contributed by atoms with van der Waals surface area (Å²) < 4.78 is 32.8. The molecular formula is C19H22N4O4S3. The number of thiazole rings is 2. The lowest BCUT2D eigenvalue weighted by Gasteiger charge is -2.17. The summed E-state index contributed by atoms with van der Waals surface area (Å²) in [5, 5.41) is 8.70. The average molecular weight is 467 g/mol. The molecule has 0 spiro atoms. The third kappa shape index (κ3) is 6.87. The second-order valence-electron chi connectivity index (χ2n) is 6.55. The highest BCUT2D eigenvalue weighted by Gasteiger charge is 2.19. The molecule has 160 valence electrons. The highest BCUT2D eigenvalue weighted by molar-refractivity contribution is 7.87. The number of nitrogens with one attached hydrogen (secondary N) is 2. The fourth-order valence-electron chi connectivity index (χ4n) is 2.80. The van der Waals surface area contributed by atoms with Crippen molar-refractivity contribution in [2.45, 2.75) is 38.6 Å². The maximum Gasteiger partial charge on any atom is 0.357 e. The molecule has 0 unspecified atom stereocenters. The molecule has 0 saturated carbocycles. The van der Waals surface area contributed by atoms with Crippen LogP contribution in [0, 0.1) is 0 Å². The van der Waals surface area contributed by atoms with Gasteiger partial charge in [-0.1, -0.05) is 19.1 Å². The number of hydrogen-bond acceptors (Lipinski definition) is 7. The zero-order valence-corrected chi connectivity index (χ0v) is 18.7. The molecule has 2 aromatic heterocycles. The van der Waals surface area contributed by atoms with Gasteiger partial charge < -0.3 is 5.32 Å². The van der Waals surface area contributed by atoms with E-state index in [1.54, 1.807) is 30.5 Å². The van der Waals surface area contributed by atoms with E-state index in [0.29, 0.717) is 19.3 Å². The molecule has 0 bridgehead atoms. The molecule has 1 atom stereocenters. The molecule has 3 N–H and O–H groups in total. The van der Waals surface area contributed by atoms with Crippen LogP contribution in [0.15, 0.2) is 41.2 Å². The number of nitrogens with zero attached hydrogens (tertiary/aromatic N) is 2. The summed E-state index contributed by atoms with van der Waals surface area (Å²) in [6.07, 6.45) is 3.98. The minimum absolute atomic E-state index is 0.0758. The first kappa shape index (κ1) is 22.3. The van der Waals surface area contributed by atoms with Gasteiger partial charge in [-0.05, 0) is 30.5 Å². The van der Waals surface area contributed by atoms with Crippen molar-refractivity contribution >= 4 is 44.6 Å². The summed E-state index contributed by atoms with van der Waals surface area (Å²) in [5.74, 6) is -0.0758. The quantitative estimate of drug-likeness (QED) is 0.394. The fraction of sp³-hybridized carbons (Fsp3) is 0.316. The molecule has 3 rings (SSSR count). The number of aryl methyl sites for hydroxylation is 2. The molecule has 0 fully saturated rings. The smallest absolute Gasteiger partial charge is 0.347 e. The van der Waals surface area contributed by atoms with Crippen LogP contribution in [0.3, 0.4) is 0 Å². The predicted octanol–water partition coefficient (Wildman–Crippen LogP) is 3.41. The lowest BCUT2D eigenvalue weighted by molar-refractivity contribution is -0.121. The molecule has 0 radical (unpaired) electrons. The molecule has 3 aromatic rings. The van der Waals surface area contributed by atoms with Crippen molar-refractivity contribution in [1.29, 1.82) is 0 Å². The maximum absolute atomic E-state index is 12.5. The van der Waals surface area contributed by atoms with E-state index in [-0.39, 0.29) is 17.6 Å². The number of benzene rings is 1. The third-order valence-electron chi connectivity index (χ3n) is 4.26. The molecule has 0 aliphatic carbocycles. The third-order valence-corrected chi connectivity index (χ3v) is 6.60. The molecule has 11 heteroatoms. The number of rotatable bonds is 10. The summed E-state index contributed by atoms with van der Waals surface area (Å²) in [7, 11) is -4.32. The first-order valence-electron chi connectivity index (χ1n) is 9.28. The average Bonchev–Trinajstić information content (AvgIpc) is 3.38. The summed E-state index contributed by atoms with van der Waals surface area (Å²) in [5.41, 5.74) is 2.13. The van der Waals surface area contributed by atoms with E-state index in [1.165, 1.54) is 22.7 Å². The van der Waals surface area contributed by atoms with Crippen molar-refractivity contribution in [3.8, 4) is 0 Å². The van der Waals surface area contributed by atoms with E-state index in [9.17, 15) is 13.2 Å². The Balaban J connectivity index is 1.70. The van der Waals surface area contributed by atoms with Crippen molar-refractivity contribution < 1.29 is 17.8 Å². The van der Waals surface area contributed by atoms with E-state index in [0.717, 1.165) is 27.7 Å². The van der Waals surface area contributed by atoms with E-state index in [4.69, 9.17) is 4.55 Å². The minimum Gasteiger partial charge on any atom is -0.347 e. The van der Waals surface area contributed by atoms with E-state index >= 15 is 0 Å². The second kappa shape index (κ2) is 10.1. The van der Waals surface area contributed by atoms with Gasteiger partial charge in [0, 0.05) is 29.8 Å². The zero-order chi connectivity index (χ0) is 21.6. The van der Waals surface area contributed by atoms with Crippen LogP contribution >= 0.6 is 22.7 Å². The standard InChI is InChI=1S/C19H22N4O4S3/c1-2-14-12-29-19(21-14)16(22-17(24)7-8-18-20-9-10-28-18)11-13-3-5-15(6-4-13)23-30(25,26)27/h3-6,9-10,12,16,23H,2,7-8,11H2,1H3,(H,22,24)(H,25,26,27)/t16-/m0/s1. The van der Waals surface area contributed by atoms with Gasteiger partial charge in [-0.25, -0.2) is 9.97 Å². The van der Waals surface area contributed by atoms with E-state index in [1.807, 2.05) is 22.4 Å². The predicted molar refractivity (Wildman–Crippen MR) is 118 cm³/mol. The van der Waals surface area contributed by atoms with Gasteiger partial charge >= 0.3 is 10.3 Å². The number of amides is 1. The van der Waals surface area contributed by atoms with Gasteiger partial charge in [-0.3, -0.25) is 14.1 Å². The van der Waals surface area contributed by atoms with Crippen LogP contribution in [0.5, 0.6) is 0 Å². The van der Waals surface area contributed by atoms with Gasteiger partial charge in [0.15, 0.2) is 0 Å². The van der Waals surface area contributed by atoms with Gasteiger partial charge in [0.05, 0.1) is 22.4 Å². The molecule has 0 saturated heterocycles. The Morgan fingerprint density at radius 2 is 2.00 bits per heavy atom. The molecule has 0 aliphatic heterocycles. The Morgan fingerprint density at radius 1 is 1.23 bits per heavy atom. The SMILES string of the molecule is CCc1csc([C@H](Cc2ccc(NS(=O)(=O)O)cc2)NC(=O)CCc2nccs2)n1. The lowest BCUT2D eigenvalue weighted by Crippen LogP contribution is -2.30. The normalized spacial score (nSPS) is 12.5. The van der Waals surface area contributed by atoms with Crippen LogP contribution in [-0.2, 0) is 34.4 Å². The molecular weight excluding hydrogens is 444 g/mol.